The number of aromatic nitrogens is 16. The molecule has 12 aromatic heterocycles. The van der Waals surface area contributed by atoms with E-state index in [0.29, 0.717) is 0 Å². The maximum Gasteiger partial charge on any atom is 0.119 e. The summed E-state index contributed by atoms with van der Waals surface area (Å²) in [7, 11) is 1.69. The fourth-order valence-corrected chi connectivity index (χ4v) is 20.0. The zero-order valence-electron chi connectivity index (χ0n) is 74.5. The van der Waals surface area contributed by atoms with Crippen molar-refractivity contribution in [2.24, 2.45) is 0 Å². The maximum atomic E-state index is 5.39. The van der Waals surface area contributed by atoms with Gasteiger partial charge in [-0.1, -0.05) is 165 Å². The molecule has 0 aliphatic carbocycles. The molecule has 0 fully saturated rings. The van der Waals surface area contributed by atoms with Gasteiger partial charge < -0.3 is 27.6 Å². The summed E-state index contributed by atoms with van der Waals surface area (Å²) in [4.78, 5) is 4.24. The van der Waals surface area contributed by atoms with Gasteiger partial charge >= 0.3 is 0 Å². The van der Waals surface area contributed by atoms with Crippen LogP contribution in [0.4, 0.5) is 0 Å². The van der Waals surface area contributed by atoms with E-state index in [0.717, 1.165) is 107 Å². The van der Waals surface area contributed by atoms with Gasteiger partial charge in [-0.2, -0.15) is 36.8 Å². The van der Waals surface area contributed by atoms with Crippen LogP contribution in [0.2, 0.25) is 0 Å². The monoisotopic (exact) mass is 1750 g/mol. The number of benzene rings is 13. The van der Waals surface area contributed by atoms with Crippen molar-refractivity contribution < 1.29 is 4.74 Å². The van der Waals surface area contributed by atoms with Crippen molar-refractivity contribution in [3.63, 3.8) is 0 Å². The highest BCUT2D eigenvalue weighted by atomic mass is 32.1. The molecule has 133 heavy (non-hydrogen) atoms. The van der Waals surface area contributed by atoms with Crippen LogP contribution in [-0.2, 0) is 32.7 Å². The Hall–Kier alpha value is -16.4. The number of thiophene rings is 1. The third kappa shape index (κ3) is 15.7. The predicted molar refractivity (Wildman–Crippen MR) is 552 cm³/mol. The average molecular weight is 1750 g/mol. The summed E-state index contributed by atoms with van der Waals surface area (Å²) in [6, 6.07) is 120. The summed E-state index contributed by atoms with van der Waals surface area (Å²) in [6.45, 7) is 17.9. The van der Waals surface area contributed by atoms with Crippen LogP contribution in [0, 0.1) is 6.92 Å². The number of pyridine rings is 1. The Balaban J connectivity index is 0.000000103. The van der Waals surface area contributed by atoms with Crippen LogP contribution in [-0.4, -0.2) is 83.8 Å². The summed E-state index contributed by atoms with van der Waals surface area (Å²) in [6.07, 6.45) is 12.9. The number of aryl methyl sites for hydroxylation is 6. The summed E-state index contributed by atoms with van der Waals surface area (Å²) in [5.41, 5.74) is 30.4. The van der Waals surface area contributed by atoms with E-state index in [1.807, 2.05) is 103 Å². The van der Waals surface area contributed by atoms with Crippen molar-refractivity contribution >= 4 is 120 Å². The smallest absolute Gasteiger partial charge is 0.119 e. The predicted octanol–water partition coefficient (Wildman–Crippen LogP) is 28.7. The lowest BCUT2D eigenvalue weighted by atomic mass is 10.1. The SMILES string of the molecule is C.CCn1c2ccccc2c2cc(-n3nccc3-c3cccc(C)c3)ccc21.CCn1c2ccccc2c2cc(-n3nccc3-c3cccc(OC)c3)ccc21.CCn1c2ccccc2c2cc(-n3nccc3-c3ccccc3)ccc21.CCn1c2ccccc2c2cc(-n3nccc3-c3cccnc3)ccc21.CCn1c2ccccc2c2cc(-n3nccc3-c3ccsc3)ccc21. The third-order valence-electron chi connectivity index (χ3n) is 25.3. The Morgan fingerprint density at radius 3 is 0.857 bits per heavy atom. The number of hydrogen-bond acceptors (Lipinski definition) is 8. The van der Waals surface area contributed by atoms with Crippen molar-refractivity contribution in [1.82, 2.24) is 76.7 Å². The van der Waals surface area contributed by atoms with Gasteiger partial charge in [0.2, 0.25) is 0 Å². The number of methoxy groups -OCH3 is 1. The molecule has 0 unspecified atom stereocenters. The molecule has 0 aliphatic rings. The van der Waals surface area contributed by atoms with Gasteiger partial charge in [0, 0.05) is 187 Å². The quantitative estimate of drug-likeness (QED) is 0.0939. The molecule has 0 atom stereocenters. The molecular weight excluding hydrogens is 1650 g/mol. The van der Waals surface area contributed by atoms with Crippen LogP contribution in [0.1, 0.15) is 47.6 Å². The maximum absolute atomic E-state index is 5.39. The van der Waals surface area contributed by atoms with Gasteiger partial charge in [-0.15, -0.1) is 0 Å². The summed E-state index contributed by atoms with van der Waals surface area (Å²) < 4.78 is 27.3. The van der Waals surface area contributed by atoms with E-state index in [1.54, 1.807) is 24.6 Å². The molecule has 652 valence electrons. The second-order valence-corrected chi connectivity index (χ2v) is 33.5. The summed E-state index contributed by atoms with van der Waals surface area (Å²) in [5.74, 6) is 0.840. The Morgan fingerprint density at radius 2 is 0.541 bits per heavy atom. The number of rotatable bonds is 16. The van der Waals surface area contributed by atoms with Gasteiger partial charge in [0.25, 0.3) is 0 Å². The molecule has 12 heterocycles. The van der Waals surface area contributed by atoms with Gasteiger partial charge in [-0.25, -0.2) is 23.4 Å². The van der Waals surface area contributed by atoms with E-state index >= 15 is 0 Å². The van der Waals surface area contributed by atoms with Crippen LogP contribution in [0.5, 0.6) is 5.75 Å². The van der Waals surface area contributed by atoms with E-state index in [9.17, 15) is 0 Å². The Labute approximate surface area is 775 Å². The molecule has 18 heteroatoms. The molecular formula is C115H100N16OS. The zero-order valence-corrected chi connectivity index (χ0v) is 75.4. The second-order valence-electron chi connectivity index (χ2n) is 32.7. The van der Waals surface area contributed by atoms with Crippen molar-refractivity contribution in [2.45, 2.75) is 81.7 Å². The van der Waals surface area contributed by atoms with Crippen LogP contribution in [0.15, 0.2) is 394 Å². The summed E-state index contributed by atoms with van der Waals surface area (Å²) in [5, 5.41) is 40.0. The minimum atomic E-state index is 0. The first kappa shape index (κ1) is 84.7. The van der Waals surface area contributed by atoms with Gasteiger partial charge in [0.1, 0.15) is 5.75 Å². The van der Waals surface area contributed by atoms with Crippen LogP contribution < -0.4 is 4.74 Å². The van der Waals surface area contributed by atoms with Crippen LogP contribution in [0.3, 0.4) is 0 Å². The largest absolute Gasteiger partial charge is 0.497 e. The van der Waals surface area contributed by atoms with Crippen LogP contribution in [0.25, 0.3) is 194 Å². The van der Waals surface area contributed by atoms with Crippen molar-refractivity contribution in [3.8, 4) is 90.5 Å². The molecule has 0 radical (unpaired) electrons. The van der Waals surface area contributed by atoms with Gasteiger partial charge in [-0.05, 0) is 235 Å². The fourth-order valence-electron chi connectivity index (χ4n) is 19.3. The third-order valence-corrected chi connectivity index (χ3v) is 26.0. The van der Waals surface area contributed by atoms with E-state index in [4.69, 9.17) is 4.74 Å². The Kier molecular flexibility index (Phi) is 23.5. The number of para-hydroxylation sites is 5. The Morgan fingerprint density at radius 1 is 0.248 bits per heavy atom. The van der Waals surface area contributed by atoms with Gasteiger partial charge in [-0.3, -0.25) is 4.98 Å². The molecule has 25 aromatic rings. The first-order valence-corrected chi connectivity index (χ1v) is 46.1. The topological polar surface area (TPSA) is 136 Å². The minimum Gasteiger partial charge on any atom is -0.497 e. The van der Waals surface area contributed by atoms with Gasteiger partial charge in [0.15, 0.2) is 0 Å². The lowest BCUT2D eigenvalue weighted by Crippen LogP contribution is -1.99. The Bertz CT molecular complexity index is 8270. The van der Waals surface area contributed by atoms with Crippen molar-refractivity contribution in [3.05, 3.63) is 399 Å². The molecule has 0 bridgehead atoms. The lowest BCUT2D eigenvalue weighted by molar-refractivity contribution is 0.415. The van der Waals surface area contributed by atoms with E-state index in [-0.39, 0.29) is 7.43 Å². The number of fused-ring (bicyclic) bond motifs is 15. The zero-order chi connectivity index (χ0) is 89.3. The lowest BCUT2D eigenvalue weighted by Gasteiger charge is -2.10. The normalized spacial score (nSPS) is 11.4. The molecule has 0 amide bonds. The fraction of sp³-hybridized carbons (Fsp3) is 0.113. The average Bonchev–Trinajstić information content (AvgIpc) is 1.62. The minimum absolute atomic E-state index is 0. The number of hydrogen-bond donors (Lipinski definition) is 0. The first-order chi connectivity index (χ1) is 65.1. The molecule has 0 saturated heterocycles. The number of nitrogens with zero attached hydrogens (tertiary/aromatic N) is 16. The standard InChI is InChI=1S/C24H21N3O.C24H21N3.C23H19N3.C22H18N4.C21H17N3S.CH4/c1-3-26-23-10-5-4-9-20(23)21-16-18(11-12-24(21)26)27-22(13-14-25-27)17-7-6-8-19(15-17)28-2;1-3-26-23-10-5-4-9-20(23)21-16-19(11-12-24(21)26)27-22(13-14-25-27)18-8-6-7-17(2)15-18;1-2-25-22-11-7-6-10-19(22)20-16-18(12-13-23(20)25)26-21(14-15-24-26)17-8-4-3-5-9-17;1-2-25-21-8-4-3-7-18(21)19-14-17(9-10-22(19)25)26-20(11-13-24-26)16-6-5-12-23-15-16;1-2-23-20-6-4-3-5-17(20)18-13-16(7-8-21(18)23)24-19(9-11-22-24)15-10-12-25-14-15;/h4-16H,3H2,1-2H3;4-16H,3H2,1-2H3;3-16H,2H2,1H3;3-15H,2H2,1H3;3-14H,2H2,1H3;1H4. The molecule has 17 nitrogen and oxygen atoms in total. The van der Waals surface area contributed by atoms with Crippen molar-refractivity contribution in [2.75, 3.05) is 7.11 Å². The second kappa shape index (κ2) is 37.0. The molecule has 0 aliphatic heterocycles. The summed E-state index contributed by atoms with van der Waals surface area (Å²) >= 11 is 1.71. The molecule has 0 spiro atoms. The van der Waals surface area contributed by atoms with E-state index in [2.05, 4.69) is 403 Å². The molecule has 0 N–H and O–H groups in total. The highest BCUT2D eigenvalue weighted by Crippen LogP contribution is 2.40. The van der Waals surface area contributed by atoms with E-state index in [1.165, 1.54) is 131 Å². The molecule has 0 saturated carbocycles. The highest BCUT2D eigenvalue weighted by Gasteiger charge is 2.21. The molecule has 13 aromatic carbocycles. The van der Waals surface area contributed by atoms with Crippen molar-refractivity contribution in [1.29, 1.82) is 0 Å². The van der Waals surface area contributed by atoms with E-state index < -0.39 is 0 Å². The number of ether oxygens (including phenoxy) is 1. The first-order valence-electron chi connectivity index (χ1n) is 45.1. The van der Waals surface area contributed by atoms with Gasteiger partial charge in [0.05, 0.1) is 95.0 Å². The van der Waals surface area contributed by atoms with Crippen LogP contribution >= 0.6 is 11.3 Å². The highest BCUT2D eigenvalue weighted by molar-refractivity contribution is 7.08. The molecule has 25 rings (SSSR count).